The molecule has 23 heavy (non-hydrogen) atoms. The van der Waals surface area contributed by atoms with Crippen molar-refractivity contribution >= 4 is 29.0 Å². The van der Waals surface area contributed by atoms with Crippen LogP contribution >= 0.6 is 11.8 Å². The lowest BCUT2D eigenvalue weighted by atomic mass is 10.1. The first-order chi connectivity index (χ1) is 11.1. The number of hydrogen-bond donors (Lipinski definition) is 0. The molecule has 120 valence electrons. The van der Waals surface area contributed by atoms with Crippen molar-refractivity contribution in [3.63, 3.8) is 0 Å². The Kier molecular flexibility index (Phi) is 4.48. The summed E-state index contributed by atoms with van der Waals surface area (Å²) in [6, 6.07) is 16.0. The van der Waals surface area contributed by atoms with E-state index in [0.717, 1.165) is 22.7 Å². The van der Waals surface area contributed by atoms with Crippen LogP contribution in [0.5, 0.6) is 5.75 Å². The van der Waals surface area contributed by atoms with E-state index in [1.54, 1.807) is 18.9 Å². The quantitative estimate of drug-likeness (QED) is 0.859. The average Bonchev–Trinajstić information content (AvgIpc) is 2.96. The largest absolute Gasteiger partial charge is 0.497 e. The molecule has 1 aliphatic rings. The molecule has 0 spiro atoms. The topological polar surface area (TPSA) is 32.8 Å². The van der Waals surface area contributed by atoms with Crippen LogP contribution in [0, 0.1) is 0 Å². The van der Waals surface area contributed by atoms with Crippen LogP contribution in [0.1, 0.15) is 10.9 Å². The van der Waals surface area contributed by atoms with Crippen molar-refractivity contribution in [2.75, 3.05) is 36.8 Å². The van der Waals surface area contributed by atoms with E-state index in [-0.39, 0.29) is 11.3 Å². The maximum Gasteiger partial charge on any atom is 0.238 e. The number of carbonyl (C=O) groups is 1. The highest BCUT2D eigenvalue weighted by molar-refractivity contribution is 8.00. The lowest BCUT2D eigenvalue weighted by Crippen LogP contribution is -2.27. The van der Waals surface area contributed by atoms with Gasteiger partial charge < -0.3 is 9.64 Å². The van der Waals surface area contributed by atoms with Crippen LogP contribution in [0.15, 0.2) is 48.5 Å². The highest BCUT2D eigenvalue weighted by Crippen LogP contribution is 2.42. The minimum atomic E-state index is 0.0126. The van der Waals surface area contributed by atoms with E-state index < -0.39 is 0 Å². The monoisotopic (exact) mass is 328 g/mol. The van der Waals surface area contributed by atoms with Gasteiger partial charge in [-0.15, -0.1) is 11.8 Å². The number of benzene rings is 2. The minimum Gasteiger partial charge on any atom is -0.497 e. The predicted molar refractivity (Wildman–Crippen MR) is 96.4 cm³/mol. The molecule has 1 fully saturated rings. The molecule has 1 unspecified atom stereocenters. The Hall–Kier alpha value is -2.14. The van der Waals surface area contributed by atoms with Gasteiger partial charge in [0.1, 0.15) is 11.1 Å². The van der Waals surface area contributed by atoms with E-state index >= 15 is 0 Å². The zero-order chi connectivity index (χ0) is 16.4. The average molecular weight is 328 g/mol. The Labute approximate surface area is 141 Å². The van der Waals surface area contributed by atoms with Crippen LogP contribution in [0.3, 0.4) is 0 Å². The summed E-state index contributed by atoms with van der Waals surface area (Å²) in [4.78, 5) is 16.3. The van der Waals surface area contributed by atoms with E-state index in [0.29, 0.717) is 5.75 Å². The van der Waals surface area contributed by atoms with Crippen LogP contribution in [0.2, 0.25) is 0 Å². The Bertz CT molecular complexity index is 683. The van der Waals surface area contributed by atoms with E-state index in [9.17, 15) is 4.79 Å². The number of nitrogens with zero attached hydrogens (tertiary/aromatic N) is 2. The van der Waals surface area contributed by atoms with E-state index in [1.165, 1.54) is 0 Å². The molecule has 0 N–H and O–H groups in total. The number of ether oxygens (including phenoxy) is 1. The van der Waals surface area contributed by atoms with Gasteiger partial charge in [-0.05, 0) is 42.0 Å². The van der Waals surface area contributed by atoms with Gasteiger partial charge in [0.15, 0.2) is 0 Å². The zero-order valence-electron chi connectivity index (χ0n) is 13.5. The lowest BCUT2D eigenvalue weighted by molar-refractivity contribution is -0.115. The van der Waals surface area contributed by atoms with Gasteiger partial charge >= 0.3 is 0 Å². The molecule has 1 atom stereocenters. The second kappa shape index (κ2) is 6.54. The van der Waals surface area contributed by atoms with Gasteiger partial charge in [-0.2, -0.15) is 0 Å². The van der Waals surface area contributed by atoms with Crippen molar-refractivity contribution in [2.45, 2.75) is 5.37 Å². The molecule has 3 rings (SSSR count). The molecule has 0 aliphatic carbocycles. The molecule has 0 aromatic heterocycles. The summed E-state index contributed by atoms with van der Waals surface area (Å²) in [5.74, 6) is 1.48. The maximum absolute atomic E-state index is 12.4. The summed E-state index contributed by atoms with van der Waals surface area (Å²) in [6.45, 7) is 0. The number of hydrogen-bond acceptors (Lipinski definition) is 4. The molecule has 1 heterocycles. The Morgan fingerprint density at radius 3 is 2.30 bits per heavy atom. The Balaban J connectivity index is 1.89. The standard InChI is InChI=1S/C18H20N2O2S/c1-19(2)14-6-8-15(9-7-14)20-17(21)12-23-18(20)13-4-10-16(22-3)11-5-13/h4-11,18H,12H2,1-3H3. The van der Waals surface area contributed by atoms with Crippen LogP contribution in [0.25, 0.3) is 0 Å². The third-order valence-corrected chi connectivity index (χ3v) is 5.13. The van der Waals surface area contributed by atoms with Crippen LogP contribution in [-0.4, -0.2) is 32.9 Å². The zero-order valence-corrected chi connectivity index (χ0v) is 14.3. The maximum atomic E-state index is 12.4. The molecule has 2 aromatic rings. The fourth-order valence-corrected chi connectivity index (χ4v) is 3.81. The molecule has 0 bridgehead atoms. The summed E-state index contributed by atoms with van der Waals surface area (Å²) in [7, 11) is 5.67. The fraction of sp³-hybridized carbons (Fsp3) is 0.278. The van der Waals surface area contributed by atoms with Gasteiger partial charge in [0.05, 0.1) is 12.9 Å². The van der Waals surface area contributed by atoms with Crippen LogP contribution < -0.4 is 14.5 Å². The van der Waals surface area contributed by atoms with Gasteiger partial charge in [-0.1, -0.05) is 12.1 Å². The third kappa shape index (κ3) is 3.15. The summed E-state index contributed by atoms with van der Waals surface area (Å²) < 4.78 is 5.21. The Morgan fingerprint density at radius 2 is 1.74 bits per heavy atom. The molecule has 2 aromatic carbocycles. The molecule has 1 aliphatic heterocycles. The van der Waals surface area contributed by atoms with Crippen molar-refractivity contribution in [3.05, 3.63) is 54.1 Å². The normalized spacial score (nSPS) is 17.4. The highest BCUT2D eigenvalue weighted by atomic mass is 32.2. The molecule has 4 nitrogen and oxygen atoms in total. The molecule has 1 amide bonds. The number of carbonyl (C=O) groups excluding carboxylic acids is 1. The van der Waals surface area contributed by atoms with Crippen molar-refractivity contribution in [1.29, 1.82) is 0 Å². The first-order valence-electron chi connectivity index (χ1n) is 7.45. The van der Waals surface area contributed by atoms with Crippen molar-refractivity contribution < 1.29 is 9.53 Å². The van der Waals surface area contributed by atoms with Gasteiger partial charge in [0.2, 0.25) is 5.91 Å². The van der Waals surface area contributed by atoms with Gasteiger partial charge in [0, 0.05) is 25.5 Å². The smallest absolute Gasteiger partial charge is 0.238 e. The molecular formula is C18H20N2O2S. The molecule has 0 saturated carbocycles. The molecule has 5 heteroatoms. The first-order valence-corrected chi connectivity index (χ1v) is 8.50. The van der Waals surface area contributed by atoms with E-state index in [4.69, 9.17) is 4.74 Å². The van der Waals surface area contributed by atoms with Gasteiger partial charge in [-0.3, -0.25) is 9.69 Å². The highest BCUT2D eigenvalue weighted by Gasteiger charge is 2.33. The predicted octanol–water partition coefficient (Wildman–Crippen LogP) is 3.54. The summed E-state index contributed by atoms with van der Waals surface area (Å²) in [5.41, 5.74) is 3.17. The van der Waals surface area contributed by atoms with E-state index in [2.05, 4.69) is 0 Å². The third-order valence-electron chi connectivity index (χ3n) is 3.91. The van der Waals surface area contributed by atoms with Gasteiger partial charge in [-0.25, -0.2) is 0 Å². The SMILES string of the molecule is COc1ccc(C2SCC(=O)N2c2ccc(N(C)C)cc2)cc1. The summed E-state index contributed by atoms with van der Waals surface area (Å²) in [6.07, 6.45) is 0. The van der Waals surface area contributed by atoms with Crippen LogP contribution in [-0.2, 0) is 4.79 Å². The number of thioether (sulfide) groups is 1. The first kappa shape index (κ1) is 15.7. The minimum absolute atomic E-state index is 0.0126. The van der Waals surface area contributed by atoms with Crippen LogP contribution in [0.4, 0.5) is 11.4 Å². The number of rotatable bonds is 4. The second-order valence-electron chi connectivity index (χ2n) is 5.61. The number of methoxy groups -OCH3 is 1. The fourth-order valence-electron chi connectivity index (χ4n) is 2.63. The second-order valence-corrected chi connectivity index (χ2v) is 6.68. The lowest BCUT2D eigenvalue weighted by Gasteiger charge is -2.25. The Morgan fingerprint density at radius 1 is 1.09 bits per heavy atom. The summed E-state index contributed by atoms with van der Waals surface area (Å²) >= 11 is 1.66. The molecular weight excluding hydrogens is 308 g/mol. The van der Waals surface area contributed by atoms with Crippen molar-refractivity contribution in [1.82, 2.24) is 0 Å². The van der Waals surface area contributed by atoms with Gasteiger partial charge in [0.25, 0.3) is 0 Å². The summed E-state index contributed by atoms with van der Waals surface area (Å²) in [5, 5.41) is 0.0126. The number of anilines is 2. The molecule has 0 radical (unpaired) electrons. The number of amides is 1. The van der Waals surface area contributed by atoms with Crippen molar-refractivity contribution in [3.8, 4) is 5.75 Å². The van der Waals surface area contributed by atoms with E-state index in [1.807, 2.05) is 72.4 Å². The molecule has 1 saturated heterocycles. The van der Waals surface area contributed by atoms with Crippen molar-refractivity contribution in [2.24, 2.45) is 0 Å².